The van der Waals surface area contributed by atoms with Gasteiger partial charge in [0.15, 0.2) is 0 Å². The highest BCUT2D eigenvalue weighted by molar-refractivity contribution is 7.92. The van der Waals surface area contributed by atoms with Crippen LogP contribution in [0.4, 0.5) is 5.69 Å². The Morgan fingerprint density at radius 3 is 2.75 bits per heavy atom. The Hall–Kier alpha value is -1.86. The van der Waals surface area contributed by atoms with Crippen LogP contribution >= 0.6 is 0 Å². The minimum atomic E-state index is -3.61. The number of aromatic nitrogens is 2. The predicted molar refractivity (Wildman–Crippen MR) is 77.8 cm³/mol. The molecule has 0 aliphatic heterocycles. The molecule has 2 rings (SSSR count). The molecule has 0 atom stereocenters. The molecule has 2 heterocycles. The highest BCUT2D eigenvalue weighted by Crippen LogP contribution is 2.20. The maximum absolute atomic E-state index is 12.4. The molecule has 2 aromatic rings. The maximum atomic E-state index is 12.4. The molecular formula is C13H18N4O2S. The monoisotopic (exact) mass is 294 g/mol. The van der Waals surface area contributed by atoms with Gasteiger partial charge in [-0.25, -0.2) is 8.42 Å². The molecule has 0 radical (unpaired) electrons. The molecule has 0 unspecified atom stereocenters. The van der Waals surface area contributed by atoms with Gasteiger partial charge >= 0.3 is 0 Å². The molecule has 0 saturated carbocycles. The summed E-state index contributed by atoms with van der Waals surface area (Å²) < 4.78 is 29.1. The highest BCUT2D eigenvalue weighted by atomic mass is 32.2. The van der Waals surface area contributed by atoms with Gasteiger partial charge in [-0.05, 0) is 31.5 Å². The average molecular weight is 294 g/mol. The van der Waals surface area contributed by atoms with Crippen LogP contribution in [0.15, 0.2) is 35.6 Å². The van der Waals surface area contributed by atoms with E-state index in [1.165, 1.54) is 0 Å². The summed E-state index contributed by atoms with van der Waals surface area (Å²) in [5.41, 5.74) is 7.70. The van der Waals surface area contributed by atoms with E-state index in [-0.39, 0.29) is 4.90 Å². The lowest BCUT2D eigenvalue weighted by molar-refractivity contribution is 0.600. The standard InChI is InChI=1S/C13H18N4O2S/c1-3-17-9-12(6-11(17)7-14)20(18,19)16-13-4-5-15-8-10(13)2/h4-6,8-9H,3,7,14H2,1-2H3,(H,15,16). The van der Waals surface area contributed by atoms with Gasteiger partial charge in [-0.1, -0.05) is 0 Å². The summed E-state index contributed by atoms with van der Waals surface area (Å²) in [6.45, 7) is 4.72. The van der Waals surface area contributed by atoms with Crippen molar-refractivity contribution in [1.82, 2.24) is 9.55 Å². The second kappa shape index (κ2) is 5.64. The van der Waals surface area contributed by atoms with Crippen LogP contribution in [0.1, 0.15) is 18.2 Å². The van der Waals surface area contributed by atoms with Crippen LogP contribution in [-0.2, 0) is 23.1 Å². The van der Waals surface area contributed by atoms with E-state index < -0.39 is 10.0 Å². The molecular weight excluding hydrogens is 276 g/mol. The van der Waals surface area contributed by atoms with E-state index >= 15 is 0 Å². The summed E-state index contributed by atoms with van der Waals surface area (Å²) in [4.78, 5) is 4.16. The first-order valence-corrected chi connectivity index (χ1v) is 7.78. The second-order valence-electron chi connectivity index (χ2n) is 4.45. The molecule has 0 spiro atoms. The number of aryl methyl sites for hydroxylation is 2. The average Bonchev–Trinajstić information content (AvgIpc) is 2.85. The summed E-state index contributed by atoms with van der Waals surface area (Å²) >= 11 is 0. The number of rotatable bonds is 5. The summed E-state index contributed by atoms with van der Waals surface area (Å²) in [7, 11) is -3.61. The lowest BCUT2D eigenvalue weighted by Gasteiger charge is -2.08. The third-order valence-electron chi connectivity index (χ3n) is 3.09. The van der Waals surface area contributed by atoms with Crippen LogP contribution in [0.25, 0.3) is 0 Å². The fourth-order valence-electron chi connectivity index (χ4n) is 1.93. The molecule has 0 saturated heterocycles. The van der Waals surface area contributed by atoms with Crippen molar-refractivity contribution in [1.29, 1.82) is 0 Å². The fraction of sp³-hybridized carbons (Fsp3) is 0.308. The third kappa shape index (κ3) is 2.83. The Morgan fingerprint density at radius 2 is 2.20 bits per heavy atom. The number of sulfonamides is 1. The molecule has 7 heteroatoms. The molecule has 2 aromatic heterocycles. The van der Waals surface area contributed by atoms with Crippen LogP contribution in [0, 0.1) is 6.92 Å². The number of nitrogens with one attached hydrogen (secondary N) is 1. The largest absolute Gasteiger partial charge is 0.349 e. The fourth-order valence-corrected chi connectivity index (χ4v) is 3.12. The quantitative estimate of drug-likeness (QED) is 0.873. The first-order chi connectivity index (χ1) is 9.47. The van der Waals surface area contributed by atoms with E-state index in [1.807, 2.05) is 11.5 Å². The van der Waals surface area contributed by atoms with Gasteiger partial charge < -0.3 is 10.3 Å². The van der Waals surface area contributed by atoms with Gasteiger partial charge in [-0.3, -0.25) is 9.71 Å². The summed E-state index contributed by atoms with van der Waals surface area (Å²) in [6.07, 6.45) is 4.76. The molecule has 108 valence electrons. The van der Waals surface area contributed by atoms with Crippen LogP contribution < -0.4 is 10.5 Å². The highest BCUT2D eigenvalue weighted by Gasteiger charge is 2.18. The van der Waals surface area contributed by atoms with E-state index in [1.54, 1.807) is 37.6 Å². The van der Waals surface area contributed by atoms with Crippen molar-refractivity contribution in [2.45, 2.75) is 31.8 Å². The Labute approximate surface area is 118 Å². The molecule has 0 aliphatic rings. The molecule has 0 amide bonds. The van der Waals surface area contributed by atoms with Gasteiger partial charge in [-0.15, -0.1) is 0 Å². The lowest BCUT2D eigenvalue weighted by atomic mass is 10.3. The maximum Gasteiger partial charge on any atom is 0.263 e. The molecule has 6 nitrogen and oxygen atoms in total. The minimum absolute atomic E-state index is 0.219. The van der Waals surface area contributed by atoms with Crippen molar-refractivity contribution in [2.75, 3.05) is 4.72 Å². The zero-order valence-electron chi connectivity index (χ0n) is 11.5. The Kier molecular flexibility index (Phi) is 4.10. The van der Waals surface area contributed by atoms with Gasteiger partial charge in [0, 0.05) is 37.4 Å². The van der Waals surface area contributed by atoms with E-state index in [9.17, 15) is 8.42 Å². The van der Waals surface area contributed by atoms with Crippen LogP contribution in [0.3, 0.4) is 0 Å². The van der Waals surface area contributed by atoms with Gasteiger partial charge in [0.2, 0.25) is 0 Å². The first kappa shape index (κ1) is 14.5. The Bertz CT molecular complexity index is 685. The van der Waals surface area contributed by atoms with Crippen LogP contribution in [-0.4, -0.2) is 18.0 Å². The van der Waals surface area contributed by atoms with Crippen molar-refractivity contribution in [2.24, 2.45) is 5.73 Å². The molecule has 3 N–H and O–H groups in total. The summed E-state index contributed by atoms with van der Waals surface area (Å²) in [5, 5.41) is 0. The molecule has 0 bridgehead atoms. The van der Waals surface area contributed by atoms with Gasteiger partial charge in [0.05, 0.1) is 5.69 Å². The van der Waals surface area contributed by atoms with Crippen molar-refractivity contribution >= 4 is 15.7 Å². The van der Waals surface area contributed by atoms with Crippen molar-refractivity contribution < 1.29 is 8.42 Å². The molecule has 0 aliphatic carbocycles. The summed E-state index contributed by atoms with van der Waals surface area (Å²) in [5.74, 6) is 0. The number of pyridine rings is 1. The smallest absolute Gasteiger partial charge is 0.263 e. The van der Waals surface area contributed by atoms with E-state index in [0.29, 0.717) is 18.8 Å². The number of nitrogens with zero attached hydrogens (tertiary/aromatic N) is 2. The van der Waals surface area contributed by atoms with Crippen molar-refractivity contribution in [3.63, 3.8) is 0 Å². The van der Waals surface area contributed by atoms with Crippen molar-refractivity contribution in [3.8, 4) is 0 Å². The lowest BCUT2D eigenvalue weighted by Crippen LogP contribution is -2.13. The first-order valence-electron chi connectivity index (χ1n) is 6.30. The molecule has 0 aromatic carbocycles. The number of hydrogen-bond donors (Lipinski definition) is 2. The van der Waals surface area contributed by atoms with E-state index in [4.69, 9.17) is 5.73 Å². The molecule has 0 fully saturated rings. The number of nitrogens with two attached hydrogens (primary N) is 1. The normalized spacial score (nSPS) is 11.6. The second-order valence-corrected chi connectivity index (χ2v) is 6.14. The third-order valence-corrected chi connectivity index (χ3v) is 4.42. The van der Waals surface area contributed by atoms with E-state index in [2.05, 4.69) is 9.71 Å². The van der Waals surface area contributed by atoms with Gasteiger partial charge in [0.25, 0.3) is 10.0 Å². The Balaban J connectivity index is 2.36. The van der Waals surface area contributed by atoms with Crippen LogP contribution in [0.2, 0.25) is 0 Å². The SMILES string of the molecule is CCn1cc(S(=O)(=O)Nc2ccncc2C)cc1CN. The number of hydrogen-bond acceptors (Lipinski definition) is 4. The van der Waals surface area contributed by atoms with Crippen molar-refractivity contribution in [3.05, 3.63) is 42.0 Å². The van der Waals surface area contributed by atoms with Gasteiger partial charge in [-0.2, -0.15) is 0 Å². The predicted octanol–water partition coefficient (Wildman–Crippen LogP) is 1.47. The minimum Gasteiger partial charge on any atom is -0.349 e. The zero-order chi connectivity index (χ0) is 14.8. The van der Waals surface area contributed by atoms with Crippen LogP contribution in [0.5, 0.6) is 0 Å². The van der Waals surface area contributed by atoms with E-state index in [0.717, 1.165) is 11.3 Å². The topological polar surface area (TPSA) is 90.0 Å². The molecule has 20 heavy (non-hydrogen) atoms. The van der Waals surface area contributed by atoms with Gasteiger partial charge in [0.1, 0.15) is 4.90 Å². The summed E-state index contributed by atoms with van der Waals surface area (Å²) in [6, 6.07) is 3.23. The number of anilines is 1. The Morgan fingerprint density at radius 1 is 1.45 bits per heavy atom. The zero-order valence-corrected chi connectivity index (χ0v) is 12.3.